The molecule has 0 bridgehead atoms. The first-order chi connectivity index (χ1) is 12.8. The van der Waals surface area contributed by atoms with Gasteiger partial charge in [0.05, 0.1) is 0 Å². The molecule has 168 valence electrons. The van der Waals surface area contributed by atoms with Gasteiger partial charge in [-0.15, -0.1) is 0 Å². The first-order valence-electron chi connectivity index (χ1n) is 11.6. The number of Topliss-reactive ketones (excluding diaryl/α,β-unsaturated/α-hetero) is 1. The van der Waals surface area contributed by atoms with Crippen LogP contribution in [0.15, 0.2) is 0 Å². The second-order valence-electron chi connectivity index (χ2n) is 9.22. The van der Waals surface area contributed by atoms with Crippen LogP contribution >= 0.6 is 0 Å². The predicted octanol–water partition coefficient (Wildman–Crippen LogP) is 8.34. The number of ketones is 1. The Balaban J connectivity index is 0. The van der Waals surface area contributed by atoms with Crippen LogP contribution in [0.2, 0.25) is 0 Å². The third-order valence-electron chi connectivity index (χ3n) is 5.38. The molecule has 0 rings (SSSR count). The molecule has 0 aliphatic carbocycles. The van der Waals surface area contributed by atoms with Crippen molar-refractivity contribution in [2.24, 2.45) is 5.41 Å². The van der Waals surface area contributed by atoms with Gasteiger partial charge in [0.25, 0.3) is 0 Å². The molecule has 3 nitrogen and oxygen atoms in total. The van der Waals surface area contributed by atoms with Gasteiger partial charge < -0.3 is 5.11 Å². The van der Waals surface area contributed by atoms with Gasteiger partial charge in [-0.25, -0.2) is 0 Å². The molecule has 3 heteroatoms. The standard InChI is InChI=1S/C24H46O3.CH4/c1-24(2,3)22(25)20-18-16-14-12-10-8-6-4-5-7-9-11-13-15-17-19-21-23(26)27;/h4-21H2,1-3H3,(H,26,27);1H4. The lowest BCUT2D eigenvalue weighted by atomic mass is 9.88. The van der Waals surface area contributed by atoms with Crippen LogP contribution in [0, 0.1) is 5.41 Å². The Bertz CT molecular complexity index is 368. The molecule has 0 spiro atoms. The topological polar surface area (TPSA) is 54.4 Å². The third-order valence-corrected chi connectivity index (χ3v) is 5.38. The van der Waals surface area contributed by atoms with Crippen molar-refractivity contribution in [3.63, 3.8) is 0 Å². The fourth-order valence-corrected chi connectivity index (χ4v) is 3.41. The van der Waals surface area contributed by atoms with E-state index in [2.05, 4.69) is 0 Å². The number of carbonyl (C=O) groups excluding carboxylic acids is 1. The van der Waals surface area contributed by atoms with E-state index in [-0.39, 0.29) is 12.8 Å². The highest BCUT2D eigenvalue weighted by Gasteiger charge is 2.19. The van der Waals surface area contributed by atoms with Gasteiger partial charge in [0.1, 0.15) is 5.78 Å². The summed E-state index contributed by atoms with van der Waals surface area (Å²) in [6.45, 7) is 6.04. The van der Waals surface area contributed by atoms with Crippen LogP contribution in [0.5, 0.6) is 0 Å². The molecule has 0 heterocycles. The van der Waals surface area contributed by atoms with Crippen LogP contribution in [0.3, 0.4) is 0 Å². The maximum atomic E-state index is 11.8. The third kappa shape index (κ3) is 21.4. The highest BCUT2D eigenvalue weighted by Crippen LogP contribution is 2.19. The first kappa shape index (κ1) is 29.3. The molecule has 0 amide bonds. The van der Waals surface area contributed by atoms with Crippen LogP contribution < -0.4 is 0 Å². The van der Waals surface area contributed by atoms with Gasteiger partial charge in [-0.05, 0) is 12.8 Å². The van der Waals surface area contributed by atoms with Crippen molar-refractivity contribution >= 4 is 11.8 Å². The van der Waals surface area contributed by atoms with Gasteiger partial charge in [0.2, 0.25) is 0 Å². The number of carboxylic acid groups (broad SMARTS) is 1. The van der Waals surface area contributed by atoms with Gasteiger partial charge >= 0.3 is 5.97 Å². The van der Waals surface area contributed by atoms with Crippen LogP contribution in [0.1, 0.15) is 144 Å². The number of aliphatic carboxylic acids is 1. The number of hydrogen-bond acceptors (Lipinski definition) is 2. The van der Waals surface area contributed by atoms with E-state index in [1.165, 1.54) is 83.5 Å². The van der Waals surface area contributed by atoms with Crippen molar-refractivity contribution in [2.75, 3.05) is 0 Å². The lowest BCUT2D eigenvalue weighted by molar-refractivity contribution is -0.137. The van der Waals surface area contributed by atoms with Crippen molar-refractivity contribution in [3.05, 3.63) is 0 Å². The zero-order chi connectivity index (χ0) is 20.4. The molecule has 1 N–H and O–H groups in total. The molecule has 28 heavy (non-hydrogen) atoms. The van der Waals surface area contributed by atoms with E-state index in [0.29, 0.717) is 12.2 Å². The van der Waals surface area contributed by atoms with E-state index < -0.39 is 5.97 Å². The van der Waals surface area contributed by atoms with Crippen molar-refractivity contribution in [3.8, 4) is 0 Å². The van der Waals surface area contributed by atoms with Crippen LogP contribution in [-0.2, 0) is 9.59 Å². The molecule has 0 fully saturated rings. The monoisotopic (exact) mass is 398 g/mol. The van der Waals surface area contributed by atoms with Gasteiger partial charge in [-0.3, -0.25) is 9.59 Å². The minimum Gasteiger partial charge on any atom is -0.481 e. The fourth-order valence-electron chi connectivity index (χ4n) is 3.41. The minimum atomic E-state index is -0.664. The highest BCUT2D eigenvalue weighted by atomic mass is 16.4. The summed E-state index contributed by atoms with van der Waals surface area (Å²) in [6.07, 6.45) is 21.2. The number of rotatable bonds is 19. The average Bonchev–Trinajstić information content (AvgIpc) is 2.59. The van der Waals surface area contributed by atoms with Crippen molar-refractivity contribution in [1.82, 2.24) is 0 Å². The van der Waals surface area contributed by atoms with Crippen LogP contribution in [0.25, 0.3) is 0 Å². The fraction of sp³-hybridized carbons (Fsp3) is 0.920. The lowest BCUT2D eigenvalue weighted by Gasteiger charge is -2.16. The molecule has 0 radical (unpaired) electrons. The maximum absolute atomic E-state index is 11.8. The van der Waals surface area contributed by atoms with E-state index in [9.17, 15) is 9.59 Å². The molecule has 0 saturated carbocycles. The van der Waals surface area contributed by atoms with Crippen molar-refractivity contribution in [2.45, 2.75) is 144 Å². The van der Waals surface area contributed by atoms with Gasteiger partial charge in [0, 0.05) is 18.3 Å². The van der Waals surface area contributed by atoms with Crippen LogP contribution in [0.4, 0.5) is 0 Å². The maximum Gasteiger partial charge on any atom is 0.303 e. The molecule has 0 unspecified atom stereocenters. The molecule has 0 aromatic carbocycles. The SMILES string of the molecule is C.CC(C)(C)C(=O)CCCCCCCCCCCCCCCCCCC(=O)O. The normalized spacial score (nSPS) is 11.2. The van der Waals surface area contributed by atoms with Gasteiger partial charge in [-0.2, -0.15) is 0 Å². The summed E-state index contributed by atoms with van der Waals surface area (Å²) in [4.78, 5) is 22.2. The molecular formula is C25H50O3. The van der Waals surface area contributed by atoms with E-state index in [1.807, 2.05) is 20.8 Å². The Kier molecular flexibility index (Phi) is 20.4. The summed E-state index contributed by atoms with van der Waals surface area (Å²) < 4.78 is 0. The zero-order valence-corrected chi connectivity index (χ0v) is 18.5. The second kappa shape index (κ2) is 19.5. The zero-order valence-electron chi connectivity index (χ0n) is 18.5. The summed E-state index contributed by atoms with van der Waals surface area (Å²) in [7, 11) is 0. The smallest absolute Gasteiger partial charge is 0.303 e. The summed E-state index contributed by atoms with van der Waals surface area (Å²) >= 11 is 0. The first-order valence-corrected chi connectivity index (χ1v) is 11.6. The average molecular weight is 399 g/mol. The Labute approximate surface area is 176 Å². The second-order valence-corrected chi connectivity index (χ2v) is 9.22. The largest absolute Gasteiger partial charge is 0.481 e. The highest BCUT2D eigenvalue weighted by molar-refractivity contribution is 5.83. The lowest BCUT2D eigenvalue weighted by Crippen LogP contribution is -2.19. The molecule has 0 aliphatic rings. The number of carbonyl (C=O) groups is 2. The molecule has 0 aliphatic heterocycles. The summed E-state index contributed by atoms with van der Waals surface area (Å²) in [5.74, 6) is -0.261. The van der Waals surface area contributed by atoms with E-state index in [0.717, 1.165) is 25.7 Å². The Morgan fingerprint density at radius 3 is 1.04 bits per heavy atom. The predicted molar refractivity (Wildman–Crippen MR) is 122 cm³/mol. The summed E-state index contributed by atoms with van der Waals surface area (Å²) in [5.41, 5.74) is -0.165. The Morgan fingerprint density at radius 1 is 0.536 bits per heavy atom. The van der Waals surface area contributed by atoms with Crippen molar-refractivity contribution < 1.29 is 14.7 Å². The van der Waals surface area contributed by atoms with E-state index >= 15 is 0 Å². The van der Waals surface area contributed by atoms with Crippen molar-refractivity contribution in [1.29, 1.82) is 0 Å². The van der Waals surface area contributed by atoms with Crippen LogP contribution in [-0.4, -0.2) is 16.9 Å². The molecule has 0 aromatic rings. The van der Waals surface area contributed by atoms with E-state index in [4.69, 9.17) is 5.11 Å². The molecular weight excluding hydrogens is 348 g/mol. The number of unbranched alkanes of at least 4 members (excludes halogenated alkanes) is 15. The summed E-state index contributed by atoms with van der Waals surface area (Å²) in [6, 6.07) is 0. The van der Waals surface area contributed by atoms with Gasteiger partial charge in [-0.1, -0.05) is 118 Å². The minimum absolute atomic E-state index is 0. The van der Waals surface area contributed by atoms with E-state index in [1.54, 1.807) is 0 Å². The quantitative estimate of drug-likeness (QED) is 0.222. The van der Waals surface area contributed by atoms with Gasteiger partial charge in [0.15, 0.2) is 0 Å². The Morgan fingerprint density at radius 2 is 0.786 bits per heavy atom. The molecule has 0 aromatic heterocycles. The molecule has 0 atom stereocenters. The number of hydrogen-bond donors (Lipinski definition) is 1. The molecule has 0 saturated heterocycles. The number of carboxylic acids is 1. The Hall–Kier alpha value is -0.860. The summed E-state index contributed by atoms with van der Waals surface area (Å²) in [5, 5.41) is 8.57.